The molecule has 6 heteroatoms. The Bertz CT molecular complexity index is 854. The van der Waals surface area contributed by atoms with Gasteiger partial charge in [-0.3, -0.25) is 0 Å². The fourth-order valence-electron chi connectivity index (χ4n) is 1.89. The van der Waals surface area contributed by atoms with E-state index in [4.69, 9.17) is 4.42 Å². The highest BCUT2D eigenvalue weighted by Gasteiger charge is 2.18. The first-order chi connectivity index (χ1) is 9.58. The van der Waals surface area contributed by atoms with E-state index in [0.29, 0.717) is 0 Å². The summed E-state index contributed by atoms with van der Waals surface area (Å²) in [6.07, 6.45) is 0. The van der Waals surface area contributed by atoms with Crippen LogP contribution in [0.3, 0.4) is 0 Å². The summed E-state index contributed by atoms with van der Waals surface area (Å²) in [4.78, 5) is 15.5. The van der Waals surface area contributed by atoms with Crippen molar-refractivity contribution in [3.63, 3.8) is 0 Å². The largest absolute Gasteiger partial charge is 0.403 e. The van der Waals surface area contributed by atoms with Crippen molar-refractivity contribution in [2.75, 3.05) is 0 Å². The molecule has 100 valence electrons. The number of halogens is 3. The summed E-state index contributed by atoms with van der Waals surface area (Å²) >= 11 is 0. The Labute approximate surface area is 110 Å². The Hall–Kier alpha value is -2.63. The van der Waals surface area contributed by atoms with E-state index in [2.05, 4.69) is 4.98 Å². The molecule has 1 heterocycles. The van der Waals surface area contributed by atoms with Gasteiger partial charge in [-0.25, -0.2) is 22.9 Å². The highest BCUT2D eigenvalue weighted by atomic mass is 19.1. The van der Waals surface area contributed by atoms with Crippen molar-refractivity contribution < 1.29 is 17.6 Å². The zero-order valence-corrected chi connectivity index (χ0v) is 9.86. The van der Waals surface area contributed by atoms with Gasteiger partial charge in [0.1, 0.15) is 28.4 Å². The summed E-state index contributed by atoms with van der Waals surface area (Å²) in [5.74, 6) is -3.17. The molecule has 0 amide bonds. The molecule has 0 saturated carbocycles. The standard InChI is InChI=1S/C14H6F3NO2/c15-7-3-1-4-8(16)11(7)13-18-10-6-2-5-9(17)12(10)14(19)20-13/h1-6H. The van der Waals surface area contributed by atoms with Gasteiger partial charge in [0.25, 0.3) is 0 Å². The van der Waals surface area contributed by atoms with Gasteiger partial charge in [-0.2, -0.15) is 0 Å². The van der Waals surface area contributed by atoms with E-state index in [1.165, 1.54) is 18.2 Å². The van der Waals surface area contributed by atoms with Crippen LogP contribution in [-0.4, -0.2) is 4.98 Å². The third kappa shape index (κ3) is 1.85. The molecule has 0 unspecified atom stereocenters. The van der Waals surface area contributed by atoms with E-state index in [1.807, 2.05) is 0 Å². The number of nitrogens with zero attached hydrogens (tertiary/aromatic N) is 1. The molecule has 0 fully saturated rings. The lowest BCUT2D eigenvalue weighted by Crippen LogP contribution is -2.06. The van der Waals surface area contributed by atoms with Crippen molar-refractivity contribution in [1.82, 2.24) is 4.98 Å². The number of hydrogen-bond acceptors (Lipinski definition) is 3. The Morgan fingerprint density at radius 2 is 1.50 bits per heavy atom. The third-order valence-corrected chi connectivity index (χ3v) is 2.78. The Balaban J connectivity index is 2.37. The van der Waals surface area contributed by atoms with Gasteiger partial charge in [0, 0.05) is 0 Å². The summed E-state index contributed by atoms with van der Waals surface area (Å²) in [6, 6.07) is 6.96. The van der Waals surface area contributed by atoms with E-state index in [-0.39, 0.29) is 10.9 Å². The summed E-state index contributed by atoms with van der Waals surface area (Å²) in [5, 5.41) is -0.354. The molecular weight excluding hydrogens is 271 g/mol. The van der Waals surface area contributed by atoms with Crippen LogP contribution in [0, 0.1) is 17.5 Å². The average molecular weight is 277 g/mol. The minimum absolute atomic E-state index is 0.0288. The minimum Gasteiger partial charge on any atom is -0.403 e. The molecule has 1 aromatic heterocycles. The molecule has 0 aliphatic heterocycles. The maximum Gasteiger partial charge on any atom is 0.350 e. The molecule has 3 nitrogen and oxygen atoms in total. The summed E-state index contributed by atoms with van der Waals surface area (Å²) < 4.78 is 45.5. The van der Waals surface area contributed by atoms with E-state index >= 15 is 0 Å². The van der Waals surface area contributed by atoms with E-state index in [9.17, 15) is 18.0 Å². The van der Waals surface area contributed by atoms with Gasteiger partial charge < -0.3 is 4.42 Å². The predicted molar refractivity (Wildman–Crippen MR) is 65.6 cm³/mol. The van der Waals surface area contributed by atoms with Crippen LogP contribution in [0.2, 0.25) is 0 Å². The van der Waals surface area contributed by atoms with Crippen LogP contribution in [0.1, 0.15) is 0 Å². The summed E-state index contributed by atoms with van der Waals surface area (Å²) in [7, 11) is 0. The van der Waals surface area contributed by atoms with Gasteiger partial charge in [0.2, 0.25) is 5.89 Å². The fraction of sp³-hybridized carbons (Fsp3) is 0. The highest BCUT2D eigenvalue weighted by molar-refractivity contribution is 5.79. The average Bonchev–Trinajstić information content (AvgIpc) is 2.38. The molecule has 0 atom stereocenters. The molecular formula is C14H6F3NO2. The van der Waals surface area contributed by atoms with Crippen molar-refractivity contribution in [1.29, 1.82) is 0 Å². The number of rotatable bonds is 1. The van der Waals surface area contributed by atoms with Crippen LogP contribution in [0.4, 0.5) is 13.2 Å². The number of fused-ring (bicyclic) bond motifs is 1. The van der Waals surface area contributed by atoms with Crippen molar-refractivity contribution in [3.8, 4) is 11.5 Å². The predicted octanol–water partition coefficient (Wildman–Crippen LogP) is 3.27. The first kappa shape index (κ1) is 12.4. The second-order valence-electron chi connectivity index (χ2n) is 4.04. The molecule has 20 heavy (non-hydrogen) atoms. The van der Waals surface area contributed by atoms with Crippen LogP contribution in [0.5, 0.6) is 0 Å². The fourth-order valence-corrected chi connectivity index (χ4v) is 1.89. The summed E-state index contributed by atoms with van der Waals surface area (Å²) in [6.45, 7) is 0. The molecule has 0 aliphatic carbocycles. The van der Waals surface area contributed by atoms with Crippen LogP contribution in [-0.2, 0) is 0 Å². The zero-order chi connectivity index (χ0) is 14.3. The molecule has 2 aromatic carbocycles. The third-order valence-electron chi connectivity index (χ3n) is 2.78. The van der Waals surface area contributed by atoms with Crippen LogP contribution < -0.4 is 5.63 Å². The SMILES string of the molecule is O=c1oc(-c2c(F)cccc2F)nc2cccc(F)c12. The Kier molecular flexibility index (Phi) is 2.78. The second-order valence-corrected chi connectivity index (χ2v) is 4.04. The van der Waals surface area contributed by atoms with Crippen molar-refractivity contribution >= 4 is 10.9 Å². The smallest absolute Gasteiger partial charge is 0.350 e. The number of benzene rings is 2. The van der Waals surface area contributed by atoms with Crippen LogP contribution in [0.25, 0.3) is 22.4 Å². The number of aromatic nitrogens is 1. The molecule has 0 bridgehead atoms. The highest BCUT2D eigenvalue weighted by Crippen LogP contribution is 2.25. The zero-order valence-electron chi connectivity index (χ0n) is 9.86. The monoisotopic (exact) mass is 277 g/mol. The van der Waals surface area contributed by atoms with E-state index < -0.39 is 34.5 Å². The first-order valence-electron chi connectivity index (χ1n) is 5.61. The molecule has 3 rings (SSSR count). The van der Waals surface area contributed by atoms with E-state index in [1.54, 1.807) is 0 Å². The minimum atomic E-state index is -1.04. The Morgan fingerprint density at radius 1 is 0.900 bits per heavy atom. The topological polar surface area (TPSA) is 43.1 Å². The van der Waals surface area contributed by atoms with Gasteiger partial charge in [-0.1, -0.05) is 12.1 Å². The summed E-state index contributed by atoms with van der Waals surface area (Å²) in [5.41, 5.74) is -1.62. The van der Waals surface area contributed by atoms with Gasteiger partial charge in [-0.15, -0.1) is 0 Å². The van der Waals surface area contributed by atoms with Crippen molar-refractivity contribution in [3.05, 3.63) is 64.3 Å². The normalized spacial score (nSPS) is 10.9. The van der Waals surface area contributed by atoms with Gasteiger partial charge in [-0.05, 0) is 24.3 Å². The van der Waals surface area contributed by atoms with E-state index in [0.717, 1.165) is 18.2 Å². The van der Waals surface area contributed by atoms with Crippen LogP contribution in [0.15, 0.2) is 45.6 Å². The van der Waals surface area contributed by atoms with Crippen molar-refractivity contribution in [2.24, 2.45) is 0 Å². The lowest BCUT2D eigenvalue weighted by Gasteiger charge is -2.04. The quantitative estimate of drug-likeness (QED) is 0.685. The molecule has 0 N–H and O–H groups in total. The molecule has 0 radical (unpaired) electrons. The Morgan fingerprint density at radius 3 is 2.20 bits per heavy atom. The number of hydrogen-bond donors (Lipinski definition) is 0. The van der Waals surface area contributed by atoms with Gasteiger partial charge in [0.15, 0.2) is 0 Å². The second kappa shape index (κ2) is 4.48. The lowest BCUT2D eigenvalue weighted by atomic mass is 10.2. The molecule has 0 spiro atoms. The van der Waals surface area contributed by atoms with Gasteiger partial charge >= 0.3 is 5.63 Å². The molecule has 3 aromatic rings. The molecule has 0 saturated heterocycles. The van der Waals surface area contributed by atoms with Crippen LogP contribution >= 0.6 is 0 Å². The maximum absolute atomic E-state index is 13.6. The molecule has 0 aliphatic rings. The van der Waals surface area contributed by atoms with Gasteiger partial charge in [0.05, 0.1) is 5.52 Å². The van der Waals surface area contributed by atoms with Crippen molar-refractivity contribution in [2.45, 2.75) is 0 Å². The lowest BCUT2D eigenvalue weighted by molar-refractivity contribution is 0.498. The maximum atomic E-state index is 13.6. The first-order valence-corrected chi connectivity index (χ1v) is 5.61.